The molecule has 1 aromatic heterocycles. The minimum atomic E-state index is -0.142. The zero-order valence-corrected chi connectivity index (χ0v) is 9.51. The van der Waals surface area contributed by atoms with Gasteiger partial charge in [0.05, 0.1) is 6.61 Å². The SMILES string of the molecule is CCOCC(C)NC(=O)Cn1cnc(N)n1. The smallest absolute Gasteiger partial charge is 0.242 e. The monoisotopic (exact) mass is 227 g/mol. The summed E-state index contributed by atoms with van der Waals surface area (Å²) in [5.74, 6) is 0.0206. The third-order valence-electron chi connectivity index (χ3n) is 1.84. The molecule has 1 heterocycles. The first-order valence-electron chi connectivity index (χ1n) is 5.13. The van der Waals surface area contributed by atoms with E-state index in [4.69, 9.17) is 10.5 Å². The van der Waals surface area contributed by atoms with E-state index in [0.29, 0.717) is 13.2 Å². The van der Waals surface area contributed by atoms with Gasteiger partial charge >= 0.3 is 0 Å². The highest BCUT2D eigenvalue weighted by Gasteiger charge is 2.08. The lowest BCUT2D eigenvalue weighted by Gasteiger charge is -2.13. The first kappa shape index (κ1) is 12.4. The van der Waals surface area contributed by atoms with E-state index < -0.39 is 0 Å². The standard InChI is InChI=1S/C9H17N5O2/c1-3-16-5-7(2)12-8(15)4-14-6-11-9(10)13-14/h6-7H,3-5H2,1-2H3,(H2,10,13)(H,12,15). The largest absolute Gasteiger partial charge is 0.380 e. The Bertz CT molecular complexity index is 338. The Morgan fingerprint density at radius 2 is 2.50 bits per heavy atom. The number of carbonyl (C=O) groups is 1. The van der Waals surface area contributed by atoms with E-state index in [1.165, 1.54) is 11.0 Å². The van der Waals surface area contributed by atoms with E-state index in [2.05, 4.69) is 15.4 Å². The lowest BCUT2D eigenvalue weighted by atomic mass is 10.3. The topological polar surface area (TPSA) is 95.1 Å². The zero-order valence-electron chi connectivity index (χ0n) is 9.51. The van der Waals surface area contributed by atoms with E-state index in [1.807, 2.05) is 13.8 Å². The van der Waals surface area contributed by atoms with Gasteiger partial charge in [-0.3, -0.25) is 4.79 Å². The maximum atomic E-state index is 11.5. The highest BCUT2D eigenvalue weighted by Crippen LogP contribution is 1.90. The molecular formula is C9H17N5O2. The van der Waals surface area contributed by atoms with E-state index in [9.17, 15) is 4.79 Å². The van der Waals surface area contributed by atoms with Crippen LogP contribution in [0.3, 0.4) is 0 Å². The van der Waals surface area contributed by atoms with Crippen molar-refractivity contribution >= 4 is 11.9 Å². The van der Waals surface area contributed by atoms with Gasteiger partial charge in [0.2, 0.25) is 11.9 Å². The van der Waals surface area contributed by atoms with Gasteiger partial charge < -0.3 is 15.8 Å². The molecule has 0 aromatic carbocycles. The van der Waals surface area contributed by atoms with Crippen LogP contribution in [0.15, 0.2) is 6.33 Å². The maximum absolute atomic E-state index is 11.5. The molecule has 1 unspecified atom stereocenters. The lowest BCUT2D eigenvalue weighted by molar-refractivity contribution is -0.122. The molecular weight excluding hydrogens is 210 g/mol. The van der Waals surface area contributed by atoms with E-state index >= 15 is 0 Å². The number of aromatic nitrogens is 3. The van der Waals surface area contributed by atoms with Gasteiger partial charge in [0.1, 0.15) is 12.9 Å². The molecule has 0 saturated heterocycles. The van der Waals surface area contributed by atoms with Crippen LogP contribution < -0.4 is 11.1 Å². The molecule has 1 rings (SSSR count). The summed E-state index contributed by atoms with van der Waals surface area (Å²) in [7, 11) is 0. The normalized spacial score (nSPS) is 12.4. The Morgan fingerprint density at radius 1 is 1.75 bits per heavy atom. The number of ether oxygens (including phenoxy) is 1. The number of hydrogen-bond acceptors (Lipinski definition) is 5. The molecule has 1 aromatic rings. The van der Waals surface area contributed by atoms with Gasteiger partial charge in [-0.2, -0.15) is 0 Å². The number of carbonyl (C=O) groups excluding carboxylic acids is 1. The minimum Gasteiger partial charge on any atom is -0.380 e. The summed E-state index contributed by atoms with van der Waals surface area (Å²) >= 11 is 0. The third-order valence-corrected chi connectivity index (χ3v) is 1.84. The van der Waals surface area contributed by atoms with Crippen LogP contribution in [0, 0.1) is 0 Å². The predicted octanol–water partition coefficient (Wildman–Crippen LogP) is -0.598. The van der Waals surface area contributed by atoms with Crippen LogP contribution in [0.5, 0.6) is 0 Å². The Hall–Kier alpha value is -1.63. The van der Waals surface area contributed by atoms with E-state index in [1.54, 1.807) is 0 Å². The van der Waals surface area contributed by atoms with Crippen molar-refractivity contribution in [2.24, 2.45) is 0 Å². The van der Waals surface area contributed by atoms with Crippen LogP contribution in [0.25, 0.3) is 0 Å². The summed E-state index contributed by atoms with van der Waals surface area (Å²) in [6, 6.07) is -0.0201. The van der Waals surface area contributed by atoms with Crippen molar-refractivity contribution in [1.29, 1.82) is 0 Å². The number of nitrogens with one attached hydrogen (secondary N) is 1. The molecule has 0 bridgehead atoms. The summed E-state index contributed by atoms with van der Waals surface area (Å²) in [5.41, 5.74) is 5.33. The summed E-state index contributed by atoms with van der Waals surface area (Å²) < 4.78 is 6.57. The van der Waals surface area contributed by atoms with Crippen molar-refractivity contribution in [1.82, 2.24) is 20.1 Å². The number of hydrogen-bond donors (Lipinski definition) is 2. The number of anilines is 1. The fourth-order valence-electron chi connectivity index (χ4n) is 1.19. The Morgan fingerprint density at radius 3 is 3.06 bits per heavy atom. The highest BCUT2D eigenvalue weighted by molar-refractivity contribution is 5.75. The van der Waals surface area contributed by atoms with Crippen molar-refractivity contribution < 1.29 is 9.53 Å². The van der Waals surface area contributed by atoms with Gasteiger partial charge in [-0.25, -0.2) is 9.67 Å². The number of nitrogen functional groups attached to an aromatic ring is 1. The number of nitrogens with zero attached hydrogens (tertiary/aromatic N) is 3. The fourth-order valence-corrected chi connectivity index (χ4v) is 1.19. The van der Waals surface area contributed by atoms with Crippen LogP contribution in [0.4, 0.5) is 5.95 Å². The lowest BCUT2D eigenvalue weighted by Crippen LogP contribution is -2.38. The molecule has 0 radical (unpaired) electrons. The van der Waals surface area contributed by atoms with Gasteiger partial charge in [0.15, 0.2) is 0 Å². The first-order chi connectivity index (χ1) is 7.61. The molecule has 0 spiro atoms. The molecule has 1 atom stereocenters. The summed E-state index contributed by atoms with van der Waals surface area (Å²) in [4.78, 5) is 15.2. The fraction of sp³-hybridized carbons (Fsp3) is 0.667. The first-order valence-corrected chi connectivity index (χ1v) is 5.13. The molecule has 1 amide bonds. The maximum Gasteiger partial charge on any atom is 0.242 e. The van der Waals surface area contributed by atoms with E-state index in [-0.39, 0.29) is 24.4 Å². The molecule has 3 N–H and O–H groups in total. The molecule has 0 fully saturated rings. The quantitative estimate of drug-likeness (QED) is 0.676. The number of rotatable bonds is 6. The van der Waals surface area contributed by atoms with Crippen LogP contribution in [0.2, 0.25) is 0 Å². The van der Waals surface area contributed by atoms with Crippen LogP contribution in [-0.2, 0) is 16.1 Å². The molecule has 0 saturated carbocycles. The molecule has 90 valence electrons. The molecule has 0 aliphatic heterocycles. The van der Waals surface area contributed by atoms with Crippen molar-refractivity contribution in [2.45, 2.75) is 26.4 Å². The molecule has 0 aliphatic rings. The molecule has 7 nitrogen and oxygen atoms in total. The second-order valence-electron chi connectivity index (χ2n) is 3.43. The van der Waals surface area contributed by atoms with Crippen molar-refractivity contribution in [2.75, 3.05) is 18.9 Å². The summed E-state index contributed by atoms with van der Waals surface area (Å²) in [6.07, 6.45) is 1.42. The van der Waals surface area contributed by atoms with Crippen molar-refractivity contribution in [3.8, 4) is 0 Å². The van der Waals surface area contributed by atoms with Crippen LogP contribution in [-0.4, -0.2) is 39.9 Å². The van der Waals surface area contributed by atoms with Gasteiger partial charge in [0, 0.05) is 12.6 Å². The van der Waals surface area contributed by atoms with Crippen molar-refractivity contribution in [3.63, 3.8) is 0 Å². The Kier molecular flexibility index (Phi) is 4.71. The average molecular weight is 227 g/mol. The van der Waals surface area contributed by atoms with Gasteiger partial charge in [0.25, 0.3) is 0 Å². The predicted molar refractivity (Wildman–Crippen MR) is 58.5 cm³/mol. The minimum absolute atomic E-state index is 0.0201. The van der Waals surface area contributed by atoms with Gasteiger partial charge in [-0.1, -0.05) is 0 Å². The number of amides is 1. The Balaban J connectivity index is 2.30. The van der Waals surface area contributed by atoms with Gasteiger partial charge in [-0.05, 0) is 13.8 Å². The Labute approximate surface area is 94.0 Å². The van der Waals surface area contributed by atoms with Crippen LogP contribution >= 0.6 is 0 Å². The molecule has 0 aliphatic carbocycles. The second kappa shape index (κ2) is 6.06. The molecule has 16 heavy (non-hydrogen) atoms. The summed E-state index contributed by atoms with van der Waals surface area (Å²) in [5, 5.41) is 6.59. The summed E-state index contributed by atoms with van der Waals surface area (Å²) in [6.45, 7) is 5.04. The molecule has 7 heteroatoms. The van der Waals surface area contributed by atoms with Gasteiger partial charge in [-0.15, -0.1) is 5.10 Å². The average Bonchev–Trinajstić information content (AvgIpc) is 2.60. The van der Waals surface area contributed by atoms with Crippen LogP contribution in [0.1, 0.15) is 13.8 Å². The van der Waals surface area contributed by atoms with E-state index in [0.717, 1.165) is 0 Å². The third kappa shape index (κ3) is 4.26. The number of nitrogens with two attached hydrogens (primary N) is 1. The second-order valence-corrected chi connectivity index (χ2v) is 3.43. The zero-order chi connectivity index (χ0) is 12.0. The highest BCUT2D eigenvalue weighted by atomic mass is 16.5. The van der Waals surface area contributed by atoms with Crippen molar-refractivity contribution in [3.05, 3.63) is 6.33 Å².